The van der Waals surface area contributed by atoms with Crippen LogP contribution >= 0.6 is 0 Å². The second-order valence-corrected chi connectivity index (χ2v) is 8.22. The summed E-state index contributed by atoms with van der Waals surface area (Å²) < 4.78 is 5.16. The van der Waals surface area contributed by atoms with Gasteiger partial charge in [-0.05, 0) is 56.0 Å². The number of ether oxygens (including phenoxy) is 1. The van der Waals surface area contributed by atoms with Gasteiger partial charge in [-0.25, -0.2) is 0 Å². The highest BCUT2D eigenvalue weighted by Crippen LogP contribution is 2.21. The summed E-state index contributed by atoms with van der Waals surface area (Å²) in [5, 5.41) is 3.03. The summed E-state index contributed by atoms with van der Waals surface area (Å²) in [5.41, 5.74) is 1.05. The summed E-state index contributed by atoms with van der Waals surface area (Å²) in [7, 11) is 1.63. The second-order valence-electron chi connectivity index (χ2n) is 8.22. The predicted octanol–water partition coefficient (Wildman–Crippen LogP) is 2.28. The lowest BCUT2D eigenvalue weighted by atomic mass is 10.0. The van der Waals surface area contributed by atoms with Crippen LogP contribution in [0, 0.1) is 11.8 Å². The van der Waals surface area contributed by atoms with Crippen LogP contribution in [0.25, 0.3) is 0 Å². The van der Waals surface area contributed by atoms with E-state index in [9.17, 15) is 9.59 Å². The van der Waals surface area contributed by atoms with Crippen molar-refractivity contribution in [3.63, 3.8) is 0 Å². The Labute approximate surface area is 168 Å². The van der Waals surface area contributed by atoms with E-state index in [2.05, 4.69) is 17.1 Å². The molecule has 2 heterocycles. The summed E-state index contributed by atoms with van der Waals surface area (Å²) in [5.74, 6) is 1.41. The first-order valence-corrected chi connectivity index (χ1v) is 10.5. The van der Waals surface area contributed by atoms with Crippen molar-refractivity contribution in [2.24, 2.45) is 11.8 Å². The highest BCUT2D eigenvalue weighted by molar-refractivity contribution is 5.89. The van der Waals surface area contributed by atoms with Crippen molar-refractivity contribution >= 4 is 11.8 Å². The molecule has 3 rings (SSSR count). The third kappa shape index (κ3) is 5.71. The molecular formula is C22H33N3O3. The quantitative estimate of drug-likeness (QED) is 0.695. The van der Waals surface area contributed by atoms with Crippen molar-refractivity contribution < 1.29 is 14.3 Å². The standard InChI is InChI=1S/C22H33N3O3/c1-17-5-3-11-24(14-17)12-4-10-23-22(27)19-13-21(26)25(16-19)15-18-6-8-20(28-2)9-7-18/h6-9,17,19H,3-5,10-16H2,1-2H3,(H,23,27)/t17-,19+/m1/s1. The fourth-order valence-corrected chi connectivity index (χ4v) is 4.20. The zero-order chi connectivity index (χ0) is 19.9. The zero-order valence-electron chi connectivity index (χ0n) is 17.2. The molecule has 1 aromatic rings. The summed E-state index contributed by atoms with van der Waals surface area (Å²) in [6.07, 6.45) is 3.89. The summed E-state index contributed by atoms with van der Waals surface area (Å²) in [4.78, 5) is 29.0. The van der Waals surface area contributed by atoms with Gasteiger partial charge in [0, 0.05) is 32.6 Å². The first-order valence-electron chi connectivity index (χ1n) is 10.5. The van der Waals surface area contributed by atoms with Crippen LogP contribution in [0.4, 0.5) is 0 Å². The van der Waals surface area contributed by atoms with E-state index in [1.807, 2.05) is 24.3 Å². The summed E-state index contributed by atoms with van der Waals surface area (Å²) in [6, 6.07) is 7.70. The molecule has 2 amide bonds. The van der Waals surface area contributed by atoms with Crippen LogP contribution in [-0.4, -0.2) is 61.4 Å². The van der Waals surface area contributed by atoms with E-state index in [-0.39, 0.29) is 17.7 Å². The maximum absolute atomic E-state index is 12.5. The van der Waals surface area contributed by atoms with E-state index in [0.29, 0.717) is 26.1 Å². The Hall–Kier alpha value is -2.08. The third-order valence-electron chi connectivity index (χ3n) is 5.81. The second kappa shape index (κ2) is 9.92. The SMILES string of the molecule is COc1ccc(CN2C[C@@H](C(=O)NCCCN3CCC[C@@H](C)C3)CC2=O)cc1. The molecule has 0 aromatic heterocycles. The number of carbonyl (C=O) groups excluding carboxylic acids is 2. The maximum atomic E-state index is 12.5. The van der Waals surface area contributed by atoms with Gasteiger partial charge >= 0.3 is 0 Å². The molecular weight excluding hydrogens is 354 g/mol. The van der Waals surface area contributed by atoms with Crippen molar-refractivity contribution in [3.05, 3.63) is 29.8 Å². The molecule has 2 fully saturated rings. The largest absolute Gasteiger partial charge is 0.497 e. The fraction of sp³-hybridized carbons (Fsp3) is 0.636. The van der Waals surface area contributed by atoms with Crippen molar-refractivity contribution in [1.29, 1.82) is 0 Å². The van der Waals surface area contributed by atoms with Crippen LogP contribution in [0.15, 0.2) is 24.3 Å². The molecule has 28 heavy (non-hydrogen) atoms. The van der Waals surface area contributed by atoms with Crippen molar-refractivity contribution in [3.8, 4) is 5.75 Å². The monoisotopic (exact) mass is 387 g/mol. The number of rotatable bonds is 8. The Morgan fingerprint density at radius 1 is 1.25 bits per heavy atom. The Kier molecular flexibility index (Phi) is 7.31. The molecule has 1 aromatic carbocycles. The molecule has 0 aliphatic carbocycles. The maximum Gasteiger partial charge on any atom is 0.225 e. The lowest BCUT2D eigenvalue weighted by Gasteiger charge is -2.30. The molecule has 2 atom stereocenters. The van der Waals surface area contributed by atoms with E-state index in [1.54, 1.807) is 12.0 Å². The van der Waals surface area contributed by atoms with Gasteiger partial charge in [0.2, 0.25) is 11.8 Å². The van der Waals surface area contributed by atoms with E-state index in [1.165, 1.54) is 25.9 Å². The number of amides is 2. The van der Waals surface area contributed by atoms with Gasteiger partial charge in [0.15, 0.2) is 0 Å². The molecule has 154 valence electrons. The van der Waals surface area contributed by atoms with Crippen molar-refractivity contribution in [2.45, 2.75) is 39.2 Å². The molecule has 0 radical (unpaired) electrons. The molecule has 0 spiro atoms. The number of hydrogen-bond acceptors (Lipinski definition) is 4. The molecule has 1 N–H and O–H groups in total. The zero-order valence-corrected chi connectivity index (χ0v) is 17.2. The predicted molar refractivity (Wildman–Crippen MR) is 109 cm³/mol. The van der Waals surface area contributed by atoms with Crippen LogP contribution < -0.4 is 10.1 Å². The molecule has 0 bridgehead atoms. The van der Waals surface area contributed by atoms with Crippen LogP contribution in [0.2, 0.25) is 0 Å². The van der Waals surface area contributed by atoms with Crippen LogP contribution in [0.1, 0.15) is 38.2 Å². The number of hydrogen-bond donors (Lipinski definition) is 1. The van der Waals surface area contributed by atoms with Gasteiger partial charge in [-0.1, -0.05) is 19.1 Å². The average molecular weight is 388 g/mol. The van der Waals surface area contributed by atoms with E-state index in [4.69, 9.17) is 4.74 Å². The van der Waals surface area contributed by atoms with E-state index in [0.717, 1.165) is 30.2 Å². The minimum atomic E-state index is -0.235. The molecule has 0 saturated carbocycles. The number of piperidine rings is 1. The topological polar surface area (TPSA) is 61.9 Å². The van der Waals surface area contributed by atoms with Gasteiger partial charge in [0.05, 0.1) is 13.0 Å². The molecule has 6 heteroatoms. The van der Waals surface area contributed by atoms with Crippen LogP contribution in [0.3, 0.4) is 0 Å². The smallest absolute Gasteiger partial charge is 0.225 e. The molecule has 6 nitrogen and oxygen atoms in total. The Balaban J connectivity index is 1.38. The molecule has 2 aliphatic rings. The highest BCUT2D eigenvalue weighted by Gasteiger charge is 2.34. The van der Waals surface area contributed by atoms with E-state index < -0.39 is 0 Å². The molecule has 2 saturated heterocycles. The van der Waals surface area contributed by atoms with Gasteiger partial charge < -0.3 is 19.9 Å². The lowest BCUT2D eigenvalue weighted by Crippen LogP contribution is -2.38. The summed E-state index contributed by atoms with van der Waals surface area (Å²) >= 11 is 0. The first-order chi connectivity index (χ1) is 13.5. The third-order valence-corrected chi connectivity index (χ3v) is 5.81. The summed E-state index contributed by atoms with van der Waals surface area (Å²) in [6.45, 7) is 7.43. The number of nitrogens with one attached hydrogen (secondary N) is 1. The van der Waals surface area contributed by atoms with Crippen LogP contribution in [0.5, 0.6) is 5.75 Å². The molecule has 2 aliphatic heterocycles. The van der Waals surface area contributed by atoms with Gasteiger partial charge in [0.1, 0.15) is 5.75 Å². The van der Waals surface area contributed by atoms with Gasteiger partial charge in [0.25, 0.3) is 0 Å². The Morgan fingerprint density at radius 2 is 2.04 bits per heavy atom. The first kappa shape index (κ1) is 20.6. The van der Waals surface area contributed by atoms with Gasteiger partial charge in [-0.15, -0.1) is 0 Å². The Morgan fingerprint density at radius 3 is 2.75 bits per heavy atom. The van der Waals surface area contributed by atoms with Crippen molar-refractivity contribution in [2.75, 3.05) is 39.8 Å². The molecule has 0 unspecified atom stereocenters. The number of benzene rings is 1. The number of carbonyl (C=O) groups is 2. The number of likely N-dealkylation sites (tertiary alicyclic amines) is 2. The highest BCUT2D eigenvalue weighted by atomic mass is 16.5. The number of nitrogens with zero attached hydrogens (tertiary/aromatic N) is 2. The minimum absolute atomic E-state index is 0.0117. The Bertz CT molecular complexity index is 661. The fourth-order valence-electron chi connectivity index (χ4n) is 4.20. The average Bonchev–Trinajstić information content (AvgIpc) is 3.06. The number of methoxy groups -OCH3 is 1. The van der Waals surface area contributed by atoms with Gasteiger partial charge in [-0.3, -0.25) is 9.59 Å². The van der Waals surface area contributed by atoms with Crippen LogP contribution in [-0.2, 0) is 16.1 Å². The normalized spacial score (nSPS) is 23.1. The van der Waals surface area contributed by atoms with E-state index >= 15 is 0 Å². The van der Waals surface area contributed by atoms with Crippen molar-refractivity contribution in [1.82, 2.24) is 15.1 Å². The minimum Gasteiger partial charge on any atom is -0.497 e. The lowest BCUT2D eigenvalue weighted by molar-refractivity contribution is -0.129. The van der Waals surface area contributed by atoms with Gasteiger partial charge in [-0.2, -0.15) is 0 Å².